The number of rotatable bonds is 5. The average Bonchev–Trinajstić information content (AvgIpc) is 2.55. The first-order chi connectivity index (χ1) is 11.0. The van der Waals surface area contributed by atoms with Crippen LogP contribution in [-0.2, 0) is 14.3 Å². The van der Waals surface area contributed by atoms with E-state index in [1.54, 1.807) is 30.0 Å². The fourth-order valence-corrected chi connectivity index (χ4v) is 2.99. The SMILES string of the molecule is CCOC(=O)C1CCCN(C(=O)COc2cc(Br)ccc2Cl)C1. The van der Waals surface area contributed by atoms with Crippen LogP contribution in [0, 0.1) is 5.92 Å². The molecule has 1 aromatic carbocycles. The van der Waals surface area contributed by atoms with Crippen molar-refractivity contribution in [3.63, 3.8) is 0 Å². The van der Waals surface area contributed by atoms with Gasteiger partial charge in [-0.3, -0.25) is 9.59 Å². The van der Waals surface area contributed by atoms with Gasteiger partial charge < -0.3 is 14.4 Å². The number of carbonyl (C=O) groups is 2. The van der Waals surface area contributed by atoms with E-state index in [9.17, 15) is 9.59 Å². The summed E-state index contributed by atoms with van der Waals surface area (Å²) >= 11 is 9.37. The molecule has 0 N–H and O–H groups in total. The van der Waals surface area contributed by atoms with Gasteiger partial charge in [0.25, 0.3) is 5.91 Å². The van der Waals surface area contributed by atoms with Crippen LogP contribution in [0.4, 0.5) is 0 Å². The number of ether oxygens (including phenoxy) is 2. The van der Waals surface area contributed by atoms with Crippen LogP contribution in [-0.4, -0.2) is 43.1 Å². The lowest BCUT2D eigenvalue weighted by molar-refractivity contribution is -0.151. The van der Waals surface area contributed by atoms with Crippen molar-refractivity contribution < 1.29 is 19.1 Å². The second-order valence-corrected chi connectivity index (χ2v) is 6.62. The number of amides is 1. The Morgan fingerprint density at radius 3 is 2.96 bits per heavy atom. The zero-order valence-corrected chi connectivity index (χ0v) is 15.2. The lowest BCUT2D eigenvalue weighted by Crippen LogP contribution is -2.44. The van der Waals surface area contributed by atoms with Gasteiger partial charge in [-0.1, -0.05) is 27.5 Å². The third-order valence-corrected chi connectivity index (χ3v) is 4.44. The topological polar surface area (TPSA) is 55.8 Å². The van der Waals surface area contributed by atoms with Crippen LogP contribution in [0.5, 0.6) is 5.75 Å². The van der Waals surface area contributed by atoms with E-state index in [4.69, 9.17) is 21.1 Å². The number of hydrogen-bond donors (Lipinski definition) is 0. The summed E-state index contributed by atoms with van der Waals surface area (Å²) in [6.45, 7) is 3.04. The highest BCUT2D eigenvalue weighted by Gasteiger charge is 2.29. The highest BCUT2D eigenvalue weighted by Crippen LogP contribution is 2.28. The zero-order chi connectivity index (χ0) is 16.8. The zero-order valence-electron chi connectivity index (χ0n) is 12.9. The Morgan fingerprint density at radius 2 is 2.22 bits per heavy atom. The van der Waals surface area contributed by atoms with Crippen molar-refractivity contribution in [2.24, 2.45) is 5.92 Å². The summed E-state index contributed by atoms with van der Waals surface area (Å²) in [6.07, 6.45) is 1.54. The Kier molecular flexibility index (Phi) is 6.72. The van der Waals surface area contributed by atoms with Gasteiger partial charge in [-0.05, 0) is 38.0 Å². The molecule has 126 valence electrons. The molecule has 0 spiro atoms. The van der Waals surface area contributed by atoms with Gasteiger partial charge in [0, 0.05) is 17.6 Å². The number of halogens is 2. The van der Waals surface area contributed by atoms with E-state index in [1.165, 1.54) is 0 Å². The molecule has 1 saturated heterocycles. The quantitative estimate of drug-likeness (QED) is 0.707. The minimum absolute atomic E-state index is 0.105. The van der Waals surface area contributed by atoms with E-state index in [-0.39, 0.29) is 24.4 Å². The normalized spacial score (nSPS) is 17.7. The highest BCUT2D eigenvalue weighted by atomic mass is 79.9. The standard InChI is InChI=1S/C16H19BrClNO4/c1-2-22-16(21)11-4-3-7-19(9-11)15(20)10-23-14-8-12(17)5-6-13(14)18/h5-6,8,11H,2-4,7,9-10H2,1H3. The van der Waals surface area contributed by atoms with E-state index < -0.39 is 0 Å². The molecule has 0 radical (unpaired) electrons. The number of carbonyl (C=O) groups excluding carboxylic acids is 2. The summed E-state index contributed by atoms with van der Waals surface area (Å²) in [5.74, 6) is -0.188. The number of esters is 1. The van der Waals surface area contributed by atoms with Crippen LogP contribution >= 0.6 is 27.5 Å². The molecule has 1 aliphatic rings. The van der Waals surface area contributed by atoms with Gasteiger partial charge in [0.2, 0.25) is 0 Å². The minimum Gasteiger partial charge on any atom is -0.482 e. The number of hydrogen-bond acceptors (Lipinski definition) is 4. The average molecular weight is 405 g/mol. The third kappa shape index (κ3) is 5.11. The molecule has 1 fully saturated rings. The predicted molar refractivity (Wildman–Crippen MR) is 90.6 cm³/mol. The van der Waals surface area contributed by atoms with E-state index in [1.807, 2.05) is 0 Å². The Hall–Kier alpha value is -1.27. The van der Waals surface area contributed by atoms with Crippen LogP contribution in [0.3, 0.4) is 0 Å². The maximum Gasteiger partial charge on any atom is 0.310 e. The summed E-state index contributed by atoms with van der Waals surface area (Å²) in [5.41, 5.74) is 0. The van der Waals surface area contributed by atoms with Gasteiger partial charge in [-0.15, -0.1) is 0 Å². The van der Waals surface area contributed by atoms with Gasteiger partial charge in [0.05, 0.1) is 17.5 Å². The first-order valence-corrected chi connectivity index (χ1v) is 8.70. The molecular formula is C16H19BrClNO4. The van der Waals surface area contributed by atoms with Crippen molar-refractivity contribution in [1.29, 1.82) is 0 Å². The first kappa shape index (κ1) is 18.1. The molecule has 0 aliphatic carbocycles. The molecule has 7 heteroatoms. The highest BCUT2D eigenvalue weighted by molar-refractivity contribution is 9.10. The van der Waals surface area contributed by atoms with Gasteiger partial charge in [-0.25, -0.2) is 0 Å². The van der Waals surface area contributed by atoms with Crippen molar-refractivity contribution in [3.05, 3.63) is 27.7 Å². The Bertz CT molecular complexity index is 581. The van der Waals surface area contributed by atoms with E-state index in [2.05, 4.69) is 15.9 Å². The second kappa shape index (κ2) is 8.55. The number of nitrogens with zero attached hydrogens (tertiary/aromatic N) is 1. The summed E-state index contributed by atoms with van der Waals surface area (Å²) in [4.78, 5) is 25.8. The molecule has 23 heavy (non-hydrogen) atoms. The third-order valence-electron chi connectivity index (χ3n) is 3.64. The van der Waals surface area contributed by atoms with Crippen LogP contribution in [0.25, 0.3) is 0 Å². The Labute approximate surface area is 149 Å². The maximum atomic E-state index is 12.3. The maximum absolute atomic E-state index is 12.3. The van der Waals surface area contributed by atoms with Crippen LogP contribution < -0.4 is 4.74 Å². The molecule has 2 rings (SSSR count). The molecule has 0 aromatic heterocycles. The summed E-state index contributed by atoms with van der Waals surface area (Å²) in [6, 6.07) is 5.21. The molecule has 1 aromatic rings. The van der Waals surface area contributed by atoms with Crippen molar-refractivity contribution in [3.8, 4) is 5.75 Å². The fraction of sp³-hybridized carbons (Fsp3) is 0.500. The van der Waals surface area contributed by atoms with E-state index in [0.717, 1.165) is 17.3 Å². The van der Waals surface area contributed by atoms with E-state index >= 15 is 0 Å². The van der Waals surface area contributed by atoms with Crippen molar-refractivity contribution in [2.45, 2.75) is 19.8 Å². The number of benzene rings is 1. The minimum atomic E-state index is -0.248. The Balaban J connectivity index is 1.90. The molecule has 0 saturated carbocycles. The van der Waals surface area contributed by atoms with Crippen LogP contribution in [0.2, 0.25) is 5.02 Å². The lowest BCUT2D eigenvalue weighted by atomic mass is 9.98. The lowest BCUT2D eigenvalue weighted by Gasteiger charge is -2.31. The predicted octanol–water partition coefficient (Wildman–Crippen LogP) is 3.28. The molecule has 1 aliphatic heterocycles. The fourth-order valence-electron chi connectivity index (χ4n) is 2.47. The summed E-state index contributed by atoms with van der Waals surface area (Å²) in [5, 5.41) is 0.448. The number of likely N-dealkylation sites (tertiary alicyclic amines) is 1. The molecule has 5 nitrogen and oxygen atoms in total. The van der Waals surface area contributed by atoms with Crippen LogP contribution in [0.1, 0.15) is 19.8 Å². The summed E-state index contributed by atoms with van der Waals surface area (Å²) < 4.78 is 11.4. The largest absolute Gasteiger partial charge is 0.482 e. The molecule has 1 amide bonds. The molecule has 1 unspecified atom stereocenters. The summed E-state index contributed by atoms with van der Waals surface area (Å²) in [7, 11) is 0. The van der Waals surface area contributed by atoms with Crippen molar-refractivity contribution in [2.75, 3.05) is 26.3 Å². The van der Waals surface area contributed by atoms with Gasteiger partial charge in [0.15, 0.2) is 6.61 Å². The van der Waals surface area contributed by atoms with Crippen molar-refractivity contribution >= 4 is 39.4 Å². The van der Waals surface area contributed by atoms with Crippen LogP contribution in [0.15, 0.2) is 22.7 Å². The molecule has 1 atom stereocenters. The van der Waals surface area contributed by atoms with Gasteiger partial charge in [-0.2, -0.15) is 0 Å². The first-order valence-electron chi connectivity index (χ1n) is 7.53. The molecular weight excluding hydrogens is 386 g/mol. The van der Waals surface area contributed by atoms with Gasteiger partial charge in [0.1, 0.15) is 5.75 Å². The molecule has 1 heterocycles. The van der Waals surface area contributed by atoms with Gasteiger partial charge >= 0.3 is 5.97 Å². The second-order valence-electron chi connectivity index (χ2n) is 5.29. The monoisotopic (exact) mass is 403 g/mol. The number of piperidine rings is 1. The smallest absolute Gasteiger partial charge is 0.310 e. The molecule has 0 bridgehead atoms. The Morgan fingerprint density at radius 1 is 1.43 bits per heavy atom. The van der Waals surface area contributed by atoms with Crippen molar-refractivity contribution in [1.82, 2.24) is 4.90 Å². The van der Waals surface area contributed by atoms with E-state index in [0.29, 0.717) is 30.5 Å².